The molecular weight excluding hydrogens is 267 g/mol. The lowest BCUT2D eigenvalue weighted by atomic mass is 10.1. The molecule has 1 aromatic heterocycles. The van der Waals surface area contributed by atoms with Crippen LogP contribution in [0.2, 0.25) is 5.15 Å². The summed E-state index contributed by atoms with van der Waals surface area (Å²) in [5.41, 5.74) is 2.85. The Labute approximate surface area is 118 Å². The molecule has 0 amide bonds. The Kier molecular flexibility index (Phi) is 4.31. The van der Waals surface area contributed by atoms with Gasteiger partial charge in [-0.2, -0.15) is 5.10 Å². The van der Waals surface area contributed by atoms with Crippen LogP contribution in [0.5, 0.6) is 0 Å². The monoisotopic (exact) mass is 282 g/mol. The molecule has 1 aromatic carbocycles. The molecule has 4 heteroatoms. The molecular formula is C14H16Cl2N2. The number of hydrogen-bond donors (Lipinski definition) is 0. The van der Waals surface area contributed by atoms with Gasteiger partial charge in [0.05, 0.1) is 17.6 Å². The first-order chi connectivity index (χ1) is 8.69. The Morgan fingerprint density at radius 3 is 2.50 bits per heavy atom. The van der Waals surface area contributed by atoms with E-state index in [0.29, 0.717) is 11.0 Å². The summed E-state index contributed by atoms with van der Waals surface area (Å²) < 4.78 is 1.86. The van der Waals surface area contributed by atoms with Crippen LogP contribution in [-0.4, -0.2) is 9.78 Å². The van der Waals surface area contributed by atoms with Gasteiger partial charge in [-0.3, -0.25) is 4.68 Å². The highest BCUT2D eigenvalue weighted by atomic mass is 35.5. The third-order valence-corrected chi connectivity index (χ3v) is 3.80. The molecule has 96 valence electrons. The lowest BCUT2D eigenvalue weighted by Crippen LogP contribution is -2.05. The largest absolute Gasteiger partial charge is 0.250 e. The minimum atomic E-state index is 0.275. The Morgan fingerprint density at radius 2 is 1.94 bits per heavy atom. The molecule has 2 rings (SSSR count). The van der Waals surface area contributed by atoms with Gasteiger partial charge in [-0.25, -0.2) is 0 Å². The molecule has 0 bridgehead atoms. The number of halogens is 2. The fourth-order valence-electron chi connectivity index (χ4n) is 1.86. The minimum Gasteiger partial charge on any atom is -0.250 e. The Hall–Kier alpha value is -0.990. The van der Waals surface area contributed by atoms with Crippen molar-refractivity contribution >= 4 is 23.2 Å². The zero-order valence-corrected chi connectivity index (χ0v) is 12.0. The summed E-state index contributed by atoms with van der Waals surface area (Å²) in [7, 11) is 0. The van der Waals surface area contributed by atoms with Crippen LogP contribution in [0.3, 0.4) is 0 Å². The predicted octanol–water partition coefficient (Wildman–Crippen LogP) is 4.91. The summed E-state index contributed by atoms with van der Waals surface area (Å²) in [6, 6.07) is 10.3. The standard InChI is InChI=1S/C14H16Cl2N2/c1-3-10(2)18-14(16)12(9-15)13(17-18)11-7-5-4-6-8-11/h4-8,10H,3,9H2,1-2H3. The maximum absolute atomic E-state index is 6.37. The van der Waals surface area contributed by atoms with Gasteiger partial charge in [0.15, 0.2) is 0 Å². The van der Waals surface area contributed by atoms with Crippen molar-refractivity contribution in [2.24, 2.45) is 0 Å². The molecule has 2 nitrogen and oxygen atoms in total. The molecule has 0 aliphatic heterocycles. The molecule has 2 aromatic rings. The van der Waals surface area contributed by atoms with Gasteiger partial charge in [-0.05, 0) is 13.3 Å². The van der Waals surface area contributed by atoms with E-state index in [1.165, 1.54) is 0 Å². The highest BCUT2D eigenvalue weighted by molar-refractivity contribution is 6.31. The fraction of sp³-hybridized carbons (Fsp3) is 0.357. The summed E-state index contributed by atoms with van der Waals surface area (Å²) in [4.78, 5) is 0. The van der Waals surface area contributed by atoms with Crippen LogP contribution < -0.4 is 0 Å². The topological polar surface area (TPSA) is 17.8 Å². The SMILES string of the molecule is CCC(C)n1nc(-c2ccccc2)c(CCl)c1Cl. The quantitative estimate of drug-likeness (QED) is 0.729. The van der Waals surface area contributed by atoms with E-state index < -0.39 is 0 Å². The molecule has 0 radical (unpaired) electrons. The Morgan fingerprint density at radius 1 is 1.28 bits per heavy atom. The number of benzene rings is 1. The zero-order valence-electron chi connectivity index (χ0n) is 10.5. The van der Waals surface area contributed by atoms with E-state index in [2.05, 4.69) is 18.9 Å². The van der Waals surface area contributed by atoms with Gasteiger partial charge < -0.3 is 0 Å². The molecule has 0 aliphatic carbocycles. The number of nitrogens with zero attached hydrogens (tertiary/aromatic N) is 2. The zero-order chi connectivity index (χ0) is 13.1. The van der Waals surface area contributed by atoms with Gasteiger partial charge in [0.25, 0.3) is 0 Å². The van der Waals surface area contributed by atoms with Crippen LogP contribution in [0.15, 0.2) is 30.3 Å². The first-order valence-electron chi connectivity index (χ1n) is 6.07. The number of aromatic nitrogens is 2. The van der Waals surface area contributed by atoms with Crippen molar-refractivity contribution in [2.45, 2.75) is 32.2 Å². The lowest BCUT2D eigenvalue weighted by molar-refractivity contribution is 0.479. The average molecular weight is 283 g/mol. The van der Waals surface area contributed by atoms with Crippen LogP contribution >= 0.6 is 23.2 Å². The summed E-state index contributed by atoms with van der Waals surface area (Å²) in [6.45, 7) is 4.22. The molecule has 18 heavy (non-hydrogen) atoms. The van der Waals surface area contributed by atoms with Crippen LogP contribution in [-0.2, 0) is 5.88 Å². The summed E-state index contributed by atoms with van der Waals surface area (Å²) >= 11 is 12.4. The molecule has 1 heterocycles. The van der Waals surface area contributed by atoms with Crippen molar-refractivity contribution in [1.82, 2.24) is 9.78 Å². The molecule has 0 aliphatic rings. The number of alkyl halides is 1. The van der Waals surface area contributed by atoms with Crippen molar-refractivity contribution < 1.29 is 0 Å². The van der Waals surface area contributed by atoms with Gasteiger partial charge in [-0.1, -0.05) is 48.9 Å². The van der Waals surface area contributed by atoms with Crippen molar-refractivity contribution in [3.63, 3.8) is 0 Å². The first-order valence-corrected chi connectivity index (χ1v) is 6.98. The Bertz CT molecular complexity index is 520. The smallest absolute Gasteiger partial charge is 0.132 e. The molecule has 1 unspecified atom stereocenters. The Balaban J connectivity index is 2.55. The van der Waals surface area contributed by atoms with Gasteiger partial charge in [0, 0.05) is 11.1 Å². The van der Waals surface area contributed by atoms with Crippen LogP contribution in [0, 0.1) is 0 Å². The van der Waals surface area contributed by atoms with E-state index in [0.717, 1.165) is 23.2 Å². The summed E-state index contributed by atoms with van der Waals surface area (Å²) in [6.07, 6.45) is 0.983. The van der Waals surface area contributed by atoms with E-state index in [1.807, 2.05) is 35.0 Å². The second-order valence-electron chi connectivity index (χ2n) is 4.32. The molecule has 0 N–H and O–H groups in total. The fourth-order valence-corrected chi connectivity index (χ4v) is 2.54. The molecule has 0 fully saturated rings. The van der Waals surface area contributed by atoms with E-state index in [1.54, 1.807) is 0 Å². The molecule has 0 saturated heterocycles. The van der Waals surface area contributed by atoms with Crippen molar-refractivity contribution in [1.29, 1.82) is 0 Å². The predicted molar refractivity (Wildman–Crippen MR) is 77.2 cm³/mol. The van der Waals surface area contributed by atoms with Crippen molar-refractivity contribution in [3.8, 4) is 11.3 Å². The summed E-state index contributed by atoms with van der Waals surface area (Å²) in [5, 5.41) is 5.27. The van der Waals surface area contributed by atoms with E-state index in [9.17, 15) is 0 Å². The molecule has 0 saturated carbocycles. The molecule has 0 spiro atoms. The minimum absolute atomic E-state index is 0.275. The van der Waals surface area contributed by atoms with Crippen molar-refractivity contribution in [3.05, 3.63) is 41.0 Å². The highest BCUT2D eigenvalue weighted by Crippen LogP contribution is 2.32. The van der Waals surface area contributed by atoms with E-state index in [-0.39, 0.29) is 6.04 Å². The normalized spacial score (nSPS) is 12.7. The van der Waals surface area contributed by atoms with Gasteiger partial charge >= 0.3 is 0 Å². The number of hydrogen-bond acceptors (Lipinski definition) is 1. The van der Waals surface area contributed by atoms with Crippen LogP contribution in [0.4, 0.5) is 0 Å². The highest BCUT2D eigenvalue weighted by Gasteiger charge is 2.19. The third kappa shape index (κ3) is 2.40. The van der Waals surface area contributed by atoms with Gasteiger partial charge in [-0.15, -0.1) is 11.6 Å². The van der Waals surface area contributed by atoms with Gasteiger partial charge in [0.1, 0.15) is 5.15 Å². The number of rotatable bonds is 4. The second-order valence-corrected chi connectivity index (χ2v) is 4.94. The van der Waals surface area contributed by atoms with Gasteiger partial charge in [0.2, 0.25) is 0 Å². The third-order valence-electron chi connectivity index (χ3n) is 3.13. The molecule has 1 atom stereocenters. The van der Waals surface area contributed by atoms with Crippen LogP contribution in [0.1, 0.15) is 31.9 Å². The van der Waals surface area contributed by atoms with Crippen molar-refractivity contribution in [2.75, 3.05) is 0 Å². The van der Waals surface area contributed by atoms with E-state index in [4.69, 9.17) is 23.2 Å². The van der Waals surface area contributed by atoms with E-state index >= 15 is 0 Å². The maximum atomic E-state index is 6.37. The second kappa shape index (κ2) is 5.77. The van der Waals surface area contributed by atoms with Crippen LogP contribution in [0.25, 0.3) is 11.3 Å². The summed E-state index contributed by atoms with van der Waals surface area (Å²) in [5.74, 6) is 0.374. The lowest BCUT2D eigenvalue weighted by Gasteiger charge is -2.10. The average Bonchev–Trinajstić information content (AvgIpc) is 2.76. The first kappa shape index (κ1) is 13.4. The maximum Gasteiger partial charge on any atom is 0.132 e.